The number of carboxylic acid groups (broad SMARTS) is 1. The lowest BCUT2D eigenvalue weighted by atomic mass is 9.74. The number of amides is 1. The van der Waals surface area contributed by atoms with Crippen LogP contribution in [-0.4, -0.2) is 28.5 Å². The molecule has 0 bridgehead atoms. The van der Waals surface area contributed by atoms with E-state index in [9.17, 15) is 14.7 Å². The van der Waals surface area contributed by atoms with E-state index in [0.717, 1.165) is 25.0 Å². The molecule has 1 saturated carbocycles. The Morgan fingerprint density at radius 3 is 2.60 bits per heavy atom. The van der Waals surface area contributed by atoms with Crippen LogP contribution >= 0.6 is 11.3 Å². The summed E-state index contributed by atoms with van der Waals surface area (Å²) < 4.78 is 5.56. The number of aliphatic carboxylic acids is 1. The second-order valence-corrected chi connectivity index (χ2v) is 7.67. The van der Waals surface area contributed by atoms with E-state index in [4.69, 9.17) is 4.42 Å². The average Bonchev–Trinajstić information content (AvgIpc) is 3.19. The van der Waals surface area contributed by atoms with Crippen molar-refractivity contribution in [2.24, 2.45) is 5.41 Å². The maximum Gasteiger partial charge on any atom is 0.311 e. The number of aromatic nitrogens is 1. The number of carbonyl (C=O) groups excluding carboxylic acids is 1. The summed E-state index contributed by atoms with van der Waals surface area (Å²) in [6.45, 7) is 3.79. The Kier molecular flexibility index (Phi) is 4.94. The summed E-state index contributed by atoms with van der Waals surface area (Å²) in [5.41, 5.74) is -0.215. The van der Waals surface area contributed by atoms with Crippen LogP contribution in [-0.2, 0) is 4.79 Å². The molecule has 1 fully saturated rings. The quantitative estimate of drug-likeness (QED) is 0.844. The number of hydrogen-bond donors (Lipinski definition) is 2. The lowest BCUT2D eigenvalue weighted by Crippen LogP contribution is -2.44. The van der Waals surface area contributed by atoms with Gasteiger partial charge in [0.2, 0.25) is 0 Å². The predicted octanol–water partition coefficient (Wildman–Crippen LogP) is 3.78. The molecule has 0 aromatic carbocycles. The minimum absolute atomic E-state index is 0.160. The lowest BCUT2D eigenvalue weighted by molar-refractivity contribution is -0.150. The Balaban J connectivity index is 1.73. The van der Waals surface area contributed by atoms with Crippen LogP contribution in [0.3, 0.4) is 0 Å². The van der Waals surface area contributed by atoms with Crippen molar-refractivity contribution < 1.29 is 19.1 Å². The van der Waals surface area contributed by atoms with Crippen molar-refractivity contribution in [3.05, 3.63) is 28.5 Å². The van der Waals surface area contributed by atoms with Gasteiger partial charge in [-0.3, -0.25) is 9.59 Å². The maximum absolute atomic E-state index is 12.6. The van der Waals surface area contributed by atoms with E-state index in [-0.39, 0.29) is 12.5 Å². The number of furan rings is 1. The molecule has 0 radical (unpaired) electrons. The number of carbonyl (C=O) groups is 2. The molecular weight excluding hydrogens is 340 g/mol. The van der Waals surface area contributed by atoms with Crippen LogP contribution in [0.5, 0.6) is 0 Å². The molecule has 1 aliphatic carbocycles. The fourth-order valence-corrected chi connectivity index (χ4v) is 4.23. The minimum atomic E-state index is -0.840. The number of aryl methyl sites for hydroxylation is 2. The maximum atomic E-state index is 12.6. The number of rotatable bonds is 5. The monoisotopic (exact) mass is 362 g/mol. The number of nitrogens with zero attached hydrogens (tertiary/aromatic N) is 1. The Morgan fingerprint density at radius 1 is 1.28 bits per heavy atom. The van der Waals surface area contributed by atoms with Crippen LogP contribution in [0.25, 0.3) is 10.8 Å². The van der Waals surface area contributed by atoms with E-state index in [0.29, 0.717) is 34.2 Å². The van der Waals surface area contributed by atoms with E-state index in [1.54, 1.807) is 6.92 Å². The lowest BCUT2D eigenvalue weighted by Gasteiger charge is -2.33. The van der Waals surface area contributed by atoms with Gasteiger partial charge in [0.1, 0.15) is 10.6 Å². The molecule has 3 rings (SSSR count). The van der Waals surface area contributed by atoms with Crippen molar-refractivity contribution >= 4 is 23.2 Å². The van der Waals surface area contributed by atoms with Gasteiger partial charge in [-0.1, -0.05) is 19.3 Å². The van der Waals surface area contributed by atoms with Crippen molar-refractivity contribution in [3.63, 3.8) is 0 Å². The highest BCUT2D eigenvalue weighted by atomic mass is 32.1. The second kappa shape index (κ2) is 7.00. The predicted molar refractivity (Wildman–Crippen MR) is 94.8 cm³/mol. The Hall–Kier alpha value is -2.15. The molecule has 2 heterocycles. The summed E-state index contributed by atoms with van der Waals surface area (Å²) in [6.07, 6.45) is 4.07. The van der Waals surface area contributed by atoms with Crippen LogP contribution < -0.4 is 5.32 Å². The van der Waals surface area contributed by atoms with Gasteiger partial charge in [0.05, 0.1) is 11.1 Å². The van der Waals surface area contributed by atoms with E-state index >= 15 is 0 Å². The number of hydrogen-bond acceptors (Lipinski definition) is 5. The first-order valence-corrected chi connectivity index (χ1v) is 9.29. The number of nitrogens with one attached hydrogen (secondary N) is 1. The first-order chi connectivity index (χ1) is 11.9. The molecule has 0 unspecified atom stereocenters. The number of thiazole rings is 1. The van der Waals surface area contributed by atoms with Crippen molar-refractivity contribution in [2.75, 3.05) is 6.54 Å². The van der Waals surface area contributed by atoms with Gasteiger partial charge >= 0.3 is 5.97 Å². The van der Waals surface area contributed by atoms with Gasteiger partial charge in [-0.05, 0) is 38.8 Å². The zero-order chi connectivity index (χ0) is 18.0. The third-order valence-corrected chi connectivity index (χ3v) is 5.98. The molecule has 0 atom stereocenters. The summed E-state index contributed by atoms with van der Waals surface area (Å²) in [5.74, 6) is 0.337. The first kappa shape index (κ1) is 17.7. The third kappa shape index (κ3) is 3.61. The Morgan fingerprint density at radius 2 is 2.00 bits per heavy atom. The molecule has 134 valence electrons. The summed E-state index contributed by atoms with van der Waals surface area (Å²) in [6, 6.07) is 3.68. The smallest absolute Gasteiger partial charge is 0.311 e. The molecule has 1 amide bonds. The highest BCUT2D eigenvalue weighted by molar-refractivity contribution is 7.17. The Labute approximate surface area is 150 Å². The second-order valence-electron chi connectivity index (χ2n) is 6.67. The summed E-state index contributed by atoms with van der Waals surface area (Å²) >= 11 is 1.26. The molecule has 0 saturated heterocycles. The summed E-state index contributed by atoms with van der Waals surface area (Å²) in [7, 11) is 0. The normalized spacial score (nSPS) is 16.6. The van der Waals surface area contributed by atoms with Crippen LogP contribution in [0, 0.1) is 19.3 Å². The highest BCUT2D eigenvalue weighted by Gasteiger charge is 2.40. The van der Waals surface area contributed by atoms with Crippen molar-refractivity contribution in [2.45, 2.75) is 46.0 Å². The van der Waals surface area contributed by atoms with Gasteiger partial charge < -0.3 is 14.8 Å². The fraction of sp³-hybridized carbons (Fsp3) is 0.500. The summed E-state index contributed by atoms with van der Waals surface area (Å²) in [5, 5.41) is 13.1. The summed E-state index contributed by atoms with van der Waals surface area (Å²) in [4.78, 5) is 29.2. The van der Waals surface area contributed by atoms with Crippen LogP contribution in [0.2, 0.25) is 0 Å². The van der Waals surface area contributed by atoms with Crippen LogP contribution in [0.15, 0.2) is 16.5 Å². The standard InChI is InChI=1S/C18H22N2O4S/c1-11-6-7-13(24-11)16-20-12(2)14(25-16)15(21)19-10-18(17(22)23)8-4-3-5-9-18/h6-7H,3-5,8-10H2,1-2H3,(H,19,21)(H,22,23). The number of carboxylic acids is 1. The molecule has 6 nitrogen and oxygen atoms in total. The zero-order valence-corrected chi connectivity index (χ0v) is 15.2. The first-order valence-electron chi connectivity index (χ1n) is 8.47. The molecule has 0 aliphatic heterocycles. The van der Waals surface area contributed by atoms with Gasteiger partial charge in [0.25, 0.3) is 5.91 Å². The molecule has 2 aromatic heterocycles. The van der Waals surface area contributed by atoms with Gasteiger partial charge in [-0.25, -0.2) is 4.98 Å². The third-order valence-electron chi connectivity index (χ3n) is 4.81. The molecule has 2 aromatic rings. The average molecular weight is 362 g/mol. The van der Waals surface area contributed by atoms with Crippen LogP contribution in [0.1, 0.15) is 53.2 Å². The van der Waals surface area contributed by atoms with Gasteiger partial charge in [-0.2, -0.15) is 0 Å². The molecular formula is C18H22N2O4S. The van der Waals surface area contributed by atoms with Crippen molar-refractivity contribution in [1.29, 1.82) is 0 Å². The van der Waals surface area contributed by atoms with Gasteiger partial charge in [-0.15, -0.1) is 11.3 Å². The topological polar surface area (TPSA) is 92.4 Å². The molecule has 1 aliphatic rings. The SMILES string of the molecule is Cc1ccc(-c2nc(C)c(C(=O)NCC3(C(=O)O)CCCCC3)s2)o1. The molecule has 25 heavy (non-hydrogen) atoms. The van der Waals surface area contributed by atoms with E-state index in [2.05, 4.69) is 10.3 Å². The van der Waals surface area contributed by atoms with Gasteiger partial charge in [0.15, 0.2) is 10.8 Å². The van der Waals surface area contributed by atoms with Gasteiger partial charge in [0, 0.05) is 6.54 Å². The molecule has 0 spiro atoms. The minimum Gasteiger partial charge on any atom is -0.481 e. The van der Waals surface area contributed by atoms with Crippen LogP contribution in [0.4, 0.5) is 0 Å². The molecule has 7 heteroatoms. The van der Waals surface area contributed by atoms with Crippen molar-refractivity contribution in [3.8, 4) is 10.8 Å². The Bertz CT molecular complexity index is 787. The largest absolute Gasteiger partial charge is 0.481 e. The van der Waals surface area contributed by atoms with E-state index in [1.165, 1.54) is 11.3 Å². The highest BCUT2D eigenvalue weighted by Crippen LogP contribution is 2.36. The zero-order valence-electron chi connectivity index (χ0n) is 14.4. The fourth-order valence-electron chi connectivity index (χ4n) is 3.29. The van der Waals surface area contributed by atoms with E-state index < -0.39 is 11.4 Å². The van der Waals surface area contributed by atoms with E-state index in [1.807, 2.05) is 19.1 Å². The molecule has 2 N–H and O–H groups in total. The van der Waals surface area contributed by atoms with Crippen molar-refractivity contribution in [1.82, 2.24) is 10.3 Å².